The third kappa shape index (κ3) is 2.25. The number of hydrogen-bond acceptors (Lipinski definition) is 2. The molecular weight excluding hydrogens is 258 g/mol. The quantitative estimate of drug-likeness (QED) is 0.918. The van der Waals surface area contributed by atoms with Crippen LogP contribution in [-0.2, 0) is 7.05 Å². The highest BCUT2D eigenvalue weighted by atomic mass is 15.3. The lowest BCUT2D eigenvalue weighted by atomic mass is 9.39. The monoisotopic (exact) mass is 287 g/mol. The van der Waals surface area contributed by atoms with Crippen LogP contribution < -0.4 is 5.73 Å². The molecule has 3 heteroatoms. The minimum atomic E-state index is 0.106. The van der Waals surface area contributed by atoms with Gasteiger partial charge in [0.1, 0.15) is 0 Å². The van der Waals surface area contributed by atoms with E-state index in [1.54, 1.807) is 0 Å². The molecular formula is C18H29N3. The van der Waals surface area contributed by atoms with E-state index in [4.69, 9.17) is 5.73 Å². The summed E-state index contributed by atoms with van der Waals surface area (Å²) in [6.45, 7) is 5.08. The number of hydrogen-bond donors (Lipinski definition) is 1. The largest absolute Gasteiger partial charge is 0.323 e. The number of rotatable bonds is 3. The molecule has 0 spiro atoms. The highest BCUT2D eigenvalue weighted by Gasteiger charge is 2.60. The number of aryl methyl sites for hydroxylation is 1. The van der Waals surface area contributed by atoms with Crippen molar-refractivity contribution in [3.8, 4) is 0 Å². The van der Waals surface area contributed by atoms with Crippen LogP contribution in [0.25, 0.3) is 0 Å². The van der Waals surface area contributed by atoms with Crippen LogP contribution in [0.15, 0.2) is 12.3 Å². The minimum Gasteiger partial charge on any atom is -0.323 e. The molecule has 1 heterocycles. The topological polar surface area (TPSA) is 43.8 Å². The first-order valence-electron chi connectivity index (χ1n) is 8.54. The zero-order valence-electron chi connectivity index (χ0n) is 13.7. The van der Waals surface area contributed by atoms with Crippen molar-refractivity contribution >= 4 is 0 Å². The van der Waals surface area contributed by atoms with Crippen molar-refractivity contribution in [1.29, 1.82) is 0 Å². The van der Waals surface area contributed by atoms with Gasteiger partial charge in [-0.2, -0.15) is 5.10 Å². The molecule has 3 atom stereocenters. The van der Waals surface area contributed by atoms with Crippen LogP contribution in [0.4, 0.5) is 0 Å². The second kappa shape index (κ2) is 4.13. The Bertz CT molecular complexity index is 543. The highest BCUT2D eigenvalue weighted by Crippen LogP contribution is 2.70. The van der Waals surface area contributed by atoms with Crippen molar-refractivity contribution in [1.82, 2.24) is 9.78 Å². The summed E-state index contributed by atoms with van der Waals surface area (Å²) in [5, 5.41) is 4.54. The first kappa shape index (κ1) is 13.8. The molecule has 0 radical (unpaired) electrons. The van der Waals surface area contributed by atoms with Crippen molar-refractivity contribution < 1.29 is 0 Å². The normalized spacial score (nSPS) is 46.0. The Hall–Kier alpha value is -0.830. The van der Waals surface area contributed by atoms with Gasteiger partial charge in [0.15, 0.2) is 0 Å². The van der Waals surface area contributed by atoms with Gasteiger partial charge in [0.05, 0.1) is 5.69 Å². The molecule has 3 unspecified atom stereocenters. The van der Waals surface area contributed by atoms with Crippen LogP contribution in [0.5, 0.6) is 0 Å². The van der Waals surface area contributed by atoms with E-state index in [9.17, 15) is 0 Å². The van der Waals surface area contributed by atoms with Crippen molar-refractivity contribution in [2.24, 2.45) is 34.9 Å². The average Bonchev–Trinajstić information content (AvgIpc) is 2.70. The summed E-state index contributed by atoms with van der Waals surface area (Å²) in [5.74, 6) is 0.951. The van der Waals surface area contributed by atoms with E-state index in [1.807, 2.05) is 17.9 Å². The van der Waals surface area contributed by atoms with E-state index in [-0.39, 0.29) is 6.04 Å². The number of nitrogens with zero attached hydrogens (tertiary/aromatic N) is 2. The summed E-state index contributed by atoms with van der Waals surface area (Å²) in [6.07, 6.45) is 11.7. The smallest absolute Gasteiger partial charge is 0.0791 e. The Labute approximate surface area is 128 Å². The van der Waals surface area contributed by atoms with Crippen molar-refractivity contribution in [3.05, 3.63) is 18.0 Å². The van der Waals surface area contributed by atoms with E-state index < -0.39 is 0 Å². The minimum absolute atomic E-state index is 0.106. The second-order valence-electron chi connectivity index (χ2n) is 9.35. The zero-order valence-corrected chi connectivity index (χ0v) is 13.7. The van der Waals surface area contributed by atoms with Crippen LogP contribution >= 0.6 is 0 Å². The van der Waals surface area contributed by atoms with Gasteiger partial charge >= 0.3 is 0 Å². The van der Waals surface area contributed by atoms with Gasteiger partial charge < -0.3 is 5.73 Å². The molecule has 4 saturated carbocycles. The molecule has 116 valence electrons. The lowest BCUT2D eigenvalue weighted by Crippen LogP contribution is -2.55. The molecule has 21 heavy (non-hydrogen) atoms. The Kier molecular flexibility index (Phi) is 2.71. The summed E-state index contributed by atoms with van der Waals surface area (Å²) < 4.78 is 1.87. The summed E-state index contributed by atoms with van der Waals surface area (Å²) in [5.41, 5.74) is 9.26. The molecule has 4 fully saturated rings. The lowest BCUT2D eigenvalue weighted by Gasteiger charge is -2.66. The Morgan fingerprint density at radius 2 is 1.90 bits per heavy atom. The lowest BCUT2D eigenvalue weighted by molar-refractivity contribution is -0.149. The maximum absolute atomic E-state index is 6.54. The fraction of sp³-hybridized carbons (Fsp3) is 0.833. The second-order valence-corrected chi connectivity index (χ2v) is 9.35. The van der Waals surface area contributed by atoms with Gasteiger partial charge in [0, 0.05) is 19.3 Å². The summed E-state index contributed by atoms with van der Waals surface area (Å²) >= 11 is 0. The van der Waals surface area contributed by atoms with Crippen molar-refractivity contribution in [2.75, 3.05) is 0 Å². The van der Waals surface area contributed by atoms with Gasteiger partial charge in [-0.1, -0.05) is 13.8 Å². The molecule has 5 rings (SSSR count). The standard InChI is InChI=1S/C18H29N3/c1-16-6-13-7-17(2,10-16)12-18(8-13,11-16)9-14(19)15-4-5-21(3)20-15/h4-5,13-14H,6-12,19H2,1-3H3. The van der Waals surface area contributed by atoms with Crippen LogP contribution in [0, 0.1) is 22.2 Å². The SMILES string of the molecule is Cn1ccc(C(N)CC23CC4CC(C)(CC(C)(C4)C2)C3)n1. The third-order valence-corrected chi connectivity index (χ3v) is 6.51. The number of nitrogens with two attached hydrogens (primary N) is 1. The molecule has 0 aliphatic heterocycles. The summed E-state index contributed by atoms with van der Waals surface area (Å²) in [4.78, 5) is 0. The molecule has 3 nitrogen and oxygen atoms in total. The predicted molar refractivity (Wildman–Crippen MR) is 84.6 cm³/mol. The third-order valence-electron chi connectivity index (χ3n) is 6.51. The van der Waals surface area contributed by atoms with Crippen LogP contribution in [0.2, 0.25) is 0 Å². The first-order chi connectivity index (χ1) is 9.79. The maximum Gasteiger partial charge on any atom is 0.0791 e. The van der Waals surface area contributed by atoms with E-state index in [0.717, 1.165) is 18.0 Å². The summed E-state index contributed by atoms with van der Waals surface area (Å²) in [6, 6.07) is 2.20. The Morgan fingerprint density at radius 3 is 2.43 bits per heavy atom. The molecule has 2 N–H and O–H groups in total. The fourth-order valence-corrected chi connectivity index (χ4v) is 7.11. The molecule has 0 amide bonds. The molecule has 1 aromatic rings. The molecule has 4 aliphatic carbocycles. The van der Waals surface area contributed by atoms with E-state index in [0.29, 0.717) is 16.2 Å². The predicted octanol–water partition coefficient (Wildman–Crippen LogP) is 3.81. The molecule has 0 saturated heterocycles. The van der Waals surface area contributed by atoms with Gasteiger partial charge in [-0.3, -0.25) is 4.68 Å². The Morgan fingerprint density at radius 1 is 1.24 bits per heavy atom. The highest BCUT2D eigenvalue weighted by molar-refractivity contribution is 5.13. The van der Waals surface area contributed by atoms with Gasteiger partial charge in [-0.15, -0.1) is 0 Å². The fourth-order valence-electron chi connectivity index (χ4n) is 7.11. The number of aromatic nitrogens is 2. The molecule has 4 aliphatic rings. The summed E-state index contributed by atoms with van der Waals surface area (Å²) in [7, 11) is 1.98. The van der Waals surface area contributed by atoms with E-state index in [1.165, 1.54) is 38.5 Å². The van der Waals surface area contributed by atoms with Crippen LogP contribution in [0.1, 0.15) is 70.5 Å². The van der Waals surface area contributed by atoms with Crippen molar-refractivity contribution in [3.63, 3.8) is 0 Å². The van der Waals surface area contributed by atoms with Gasteiger partial charge in [-0.25, -0.2) is 0 Å². The van der Waals surface area contributed by atoms with Gasteiger partial charge in [0.2, 0.25) is 0 Å². The van der Waals surface area contributed by atoms with Crippen LogP contribution in [0.3, 0.4) is 0 Å². The van der Waals surface area contributed by atoms with E-state index in [2.05, 4.69) is 25.0 Å². The first-order valence-corrected chi connectivity index (χ1v) is 8.54. The Balaban J connectivity index is 1.59. The molecule has 4 bridgehead atoms. The molecule has 0 aromatic carbocycles. The molecule has 1 aromatic heterocycles. The van der Waals surface area contributed by atoms with Crippen molar-refractivity contribution in [2.45, 2.75) is 64.8 Å². The average molecular weight is 287 g/mol. The maximum atomic E-state index is 6.54. The van der Waals surface area contributed by atoms with Crippen LogP contribution in [-0.4, -0.2) is 9.78 Å². The van der Waals surface area contributed by atoms with Gasteiger partial charge in [0.25, 0.3) is 0 Å². The zero-order chi connectivity index (χ0) is 14.9. The van der Waals surface area contributed by atoms with E-state index >= 15 is 0 Å². The van der Waals surface area contributed by atoms with Gasteiger partial charge in [-0.05, 0) is 73.2 Å².